The molecule has 1 atom stereocenters. The molecule has 0 spiro atoms. The maximum absolute atomic E-state index is 5.99. The van der Waals surface area contributed by atoms with Gasteiger partial charge in [0.15, 0.2) is 0 Å². The average molecular weight is 203 g/mol. The second-order valence-corrected chi connectivity index (χ2v) is 3.92. The van der Waals surface area contributed by atoms with Crippen LogP contribution in [0.2, 0.25) is 0 Å². The van der Waals surface area contributed by atoms with Crippen molar-refractivity contribution in [2.75, 3.05) is 12.8 Å². The SMILES string of the molecule is COC1=CCCC[C@@H]1c1ccccc1N. The summed E-state index contributed by atoms with van der Waals surface area (Å²) >= 11 is 0. The van der Waals surface area contributed by atoms with E-state index in [-0.39, 0.29) is 0 Å². The van der Waals surface area contributed by atoms with E-state index in [2.05, 4.69) is 12.1 Å². The van der Waals surface area contributed by atoms with Gasteiger partial charge in [0.2, 0.25) is 0 Å². The van der Waals surface area contributed by atoms with E-state index >= 15 is 0 Å². The van der Waals surface area contributed by atoms with Crippen LogP contribution < -0.4 is 5.73 Å². The first-order valence-electron chi connectivity index (χ1n) is 5.41. The maximum atomic E-state index is 5.99. The number of nitrogen functional groups attached to an aromatic ring is 1. The highest BCUT2D eigenvalue weighted by atomic mass is 16.5. The number of anilines is 1. The molecule has 2 heteroatoms. The van der Waals surface area contributed by atoms with Crippen molar-refractivity contribution in [1.29, 1.82) is 0 Å². The minimum absolute atomic E-state index is 0.352. The zero-order valence-corrected chi connectivity index (χ0v) is 9.07. The largest absolute Gasteiger partial charge is 0.501 e. The van der Waals surface area contributed by atoms with E-state index in [1.54, 1.807) is 7.11 Å². The molecule has 1 aromatic rings. The van der Waals surface area contributed by atoms with E-state index in [4.69, 9.17) is 10.5 Å². The van der Waals surface area contributed by atoms with Gasteiger partial charge in [0.25, 0.3) is 0 Å². The van der Waals surface area contributed by atoms with E-state index in [1.165, 1.54) is 12.0 Å². The molecule has 0 radical (unpaired) electrons. The molecule has 0 amide bonds. The Labute approximate surface area is 90.7 Å². The summed E-state index contributed by atoms with van der Waals surface area (Å²) in [5.74, 6) is 1.42. The monoisotopic (exact) mass is 203 g/mol. The molecule has 0 saturated heterocycles. The number of ether oxygens (including phenoxy) is 1. The van der Waals surface area contributed by atoms with Gasteiger partial charge >= 0.3 is 0 Å². The summed E-state index contributed by atoms with van der Waals surface area (Å²) in [6.45, 7) is 0. The molecule has 1 aliphatic rings. The third-order valence-electron chi connectivity index (χ3n) is 2.99. The van der Waals surface area contributed by atoms with Crippen LogP contribution >= 0.6 is 0 Å². The molecule has 0 saturated carbocycles. The summed E-state index contributed by atoms with van der Waals surface area (Å²) in [5, 5.41) is 0. The summed E-state index contributed by atoms with van der Waals surface area (Å²) < 4.78 is 5.42. The van der Waals surface area contributed by atoms with Crippen molar-refractivity contribution in [1.82, 2.24) is 0 Å². The fourth-order valence-corrected chi connectivity index (χ4v) is 2.21. The van der Waals surface area contributed by atoms with Gasteiger partial charge in [-0.15, -0.1) is 0 Å². The van der Waals surface area contributed by atoms with E-state index in [1.807, 2.05) is 18.2 Å². The quantitative estimate of drug-likeness (QED) is 0.750. The van der Waals surface area contributed by atoms with E-state index in [0.717, 1.165) is 24.3 Å². The summed E-state index contributed by atoms with van der Waals surface area (Å²) in [5.41, 5.74) is 8.05. The van der Waals surface area contributed by atoms with Gasteiger partial charge in [-0.25, -0.2) is 0 Å². The highest BCUT2D eigenvalue weighted by Crippen LogP contribution is 2.36. The first-order chi connectivity index (χ1) is 7.33. The molecule has 0 aliphatic heterocycles. The van der Waals surface area contributed by atoms with Gasteiger partial charge in [-0.05, 0) is 37.0 Å². The molecule has 0 aromatic heterocycles. The number of para-hydroxylation sites is 1. The van der Waals surface area contributed by atoms with Crippen molar-refractivity contribution in [2.24, 2.45) is 0 Å². The maximum Gasteiger partial charge on any atom is 0.0991 e. The topological polar surface area (TPSA) is 35.2 Å². The summed E-state index contributed by atoms with van der Waals surface area (Å²) in [4.78, 5) is 0. The Hall–Kier alpha value is -1.44. The average Bonchev–Trinajstić information content (AvgIpc) is 2.30. The van der Waals surface area contributed by atoms with Gasteiger partial charge in [-0.1, -0.05) is 18.2 Å². The zero-order chi connectivity index (χ0) is 10.7. The Morgan fingerprint density at radius 1 is 1.33 bits per heavy atom. The summed E-state index contributed by atoms with van der Waals surface area (Å²) in [6, 6.07) is 8.06. The van der Waals surface area contributed by atoms with Crippen LogP contribution in [0, 0.1) is 0 Å². The highest BCUT2D eigenvalue weighted by molar-refractivity contribution is 5.50. The van der Waals surface area contributed by atoms with E-state index in [0.29, 0.717) is 5.92 Å². The van der Waals surface area contributed by atoms with Crippen molar-refractivity contribution < 1.29 is 4.74 Å². The number of nitrogens with two attached hydrogens (primary N) is 1. The van der Waals surface area contributed by atoms with Gasteiger partial charge in [-0.2, -0.15) is 0 Å². The number of methoxy groups -OCH3 is 1. The first-order valence-corrected chi connectivity index (χ1v) is 5.41. The van der Waals surface area contributed by atoms with Gasteiger partial charge in [-0.3, -0.25) is 0 Å². The molecular formula is C13H17NO. The first kappa shape index (κ1) is 10.1. The Bertz CT molecular complexity index is 371. The number of rotatable bonds is 2. The molecule has 1 aliphatic carbocycles. The Morgan fingerprint density at radius 2 is 2.13 bits per heavy atom. The molecule has 80 valence electrons. The molecule has 0 bridgehead atoms. The normalized spacial score (nSPS) is 20.9. The van der Waals surface area contributed by atoms with Gasteiger partial charge in [0.1, 0.15) is 0 Å². The van der Waals surface area contributed by atoms with Crippen LogP contribution in [-0.2, 0) is 4.74 Å². The Kier molecular flexibility index (Phi) is 2.95. The van der Waals surface area contributed by atoms with Gasteiger partial charge < -0.3 is 10.5 Å². The minimum Gasteiger partial charge on any atom is -0.501 e. The molecule has 15 heavy (non-hydrogen) atoms. The van der Waals surface area contributed by atoms with Crippen LogP contribution in [-0.4, -0.2) is 7.11 Å². The van der Waals surface area contributed by atoms with Crippen LogP contribution in [0.1, 0.15) is 30.7 Å². The lowest BCUT2D eigenvalue weighted by molar-refractivity contribution is 0.251. The van der Waals surface area contributed by atoms with Crippen LogP contribution in [0.25, 0.3) is 0 Å². The van der Waals surface area contributed by atoms with Crippen molar-refractivity contribution in [3.8, 4) is 0 Å². The number of allylic oxidation sites excluding steroid dienone is 2. The zero-order valence-electron chi connectivity index (χ0n) is 9.07. The molecule has 0 fully saturated rings. The third-order valence-corrected chi connectivity index (χ3v) is 2.99. The van der Waals surface area contributed by atoms with Gasteiger partial charge in [0.05, 0.1) is 12.9 Å². The van der Waals surface area contributed by atoms with Crippen molar-refractivity contribution in [3.63, 3.8) is 0 Å². The van der Waals surface area contributed by atoms with E-state index < -0.39 is 0 Å². The second-order valence-electron chi connectivity index (χ2n) is 3.92. The molecule has 0 unspecified atom stereocenters. The van der Waals surface area contributed by atoms with Crippen LogP contribution in [0.4, 0.5) is 5.69 Å². The predicted molar refractivity (Wildman–Crippen MR) is 62.5 cm³/mol. The van der Waals surface area contributed by atoms with Crippen LogP contribution in [0.3, 0.4) is 0 Å². The lowest BCUT2D eigenvalue weighted by atomic mass is 9.86. The smallest absolute Gasteiger partial charge is 0.0991 e. The minimum atomic E-state index is 0.352. The fourth-order valence-electron chi connectivity index (χ4n) is 2.21. The number of benzene rings is 1. The lowest BCUT2D eigenvalue weighted by Crippen LogP contribution is -2.10. The third kappa shape index (κ3) is 1.99. The molecular weight excluding hydrogens is 186 g/mol. The second kappa shape index (κ2) is 4.39. The van der Waals surface area contributed by atoms with Crippen LogP contribution in [0.15, 0.2) is 36.1 Å². The number of hydrogen-bond acceptors (Lipinski definition) is 2. The molecule has 2 nitrogen and oxygen atoms in total. The molecule has 0 heterocycles. The molecule has 2 N–H and O–H groups in total. The van der Waals surface area contributed by atoms with Crippen LogP contribution in [0.5, 0.6) is 0 Å². The lowest BCUT2D eigenvalue weighted by Gasteiger charge is -2.24. The Morgan fingerprint density at radius 3 is 2.87 bits per heavy atom. The Balaban J connectivity index is 2.34. The summed E-state index contributed by atoms with van der Waals surface area (Å²) in [7, 11) is 1.74. The molecule has 2 rings (SSSR count). The van der Waals surface area contributed by atoms with Crippen molar-refractivity contribution in [3.05, 3.63) is 41.7 Å². The van der Waals surface area contributed by atoms with Crippen molar-refractivity contribution in [2.45, 2.75) is 25.2 Å². The highest BCUT2D eigenvalue weighted by Gasteiger charge is 2.21. The standard InChI is InChI=1S/C13H17NO/c1-15-13-9-5-3-7-11(13)10-6-2-4-8-12(10)14/h2,4,6,8-9,11H,3,5,7,14H2,1H3/t11-/m1/s1. The van der Waals surface area contributed by atoms with Gasteiger partial charge in [0, 0.05) is 11.6 Å². The van der Waals surface area contributed by atoms with Crippen molar-refractivity contribution >= 4 is 5.69 Å². The predicted octanol–water partition coefficient (Wildman–Crippen LogP) is 3.07. The number of hydrogen-bond donors (Lipinski definition) is 1. The van der Waals surface area contributed by atoms with E-state index in [9.17, 15) is 0 Å². The molecule has 1 aromatic carbocycles. The summed E-state index contributed by atoms with van der Waals surface area (Å²) in [6.07, 6.45) is 5.65. The fraction of sp³-hybridized carbons (Fsp3) is 0.385.